The SMILES string of the molecule is CCCCNC(=O)NC(=O)COc1ccccc1CNC. The maximum atomic E-state index is 11.6. The van der Waals surface area contributed by atoms with E-state index in [1.54, 1.807) is 6.07 Å². The van der Waals surface area contributed by atoms with Gasteiger partial charge in [0.1, 0.15) is 5.75 Å². The van der Waals surface area contributed by atoms with Gasteiger partial charge in [0.25, 0.3) is 5.91 Å². The monoisotopic (exact) mass is 293 g/mol. The first-order chi connectivity index (χ1) is 10.2. The first-order valence-electron chi connectivity index (χ1n) is 7.10. The van der Waals surface area contributed by atoms with Gasteiger partial charge in [-0.25, -0.2) is 4.79 Å². The fraction of sp³-hybridized carbons (Fsp3) is 0.467. The average molecular weight is 293 g/mol. The first-order valence-corrected chi connectivity index (χ1v) is 7.10. The first kappa shape index (κ1) is 17.0. The summed E-state index contributed by atoms with van der Waals surface area (Å²) in [4.78, 5) is 23.0. The molecule has 1 aromatic carbocycles. The lowest BCUT2D eigenvalue weighted by molar-refractivity contribution is -0.122. The summed E-state index contributed by atoms with van der Waals surface area (Å²) in [6.45, 7) is 3.04. The summed E-state index contributed by atoms with van der Waals surface area (Å²) in [6, 6.07) is 6.97. The highest BCUT2D eigenvalue weighted by Crippen LogP contribution is 2.17. The second-order valence-electron chi connectivity index (χ2n) is 4.58. The van der Waals surface area contributed by atoms with Gasteiger partial charge in [0.2, 0.25) is 0 Å². The molecule has 0 aromatic heterocycles. The van der Waals surface area contributed by atoms with Gasteiger partial charge in [-0.3, -0.25) is 10.1 Å². The zero-order valence-corrected chi connectivity index (χ0v) is 12.6. The number of imide groups is 1. The number of amides is 3. The van der Waals surface area contributed by atoms with Gasteiger partial charge in [-0.2, -0.15) is 0 Å². The molecule has 0 fully saturated rings. The molecule has 0 aliphatic rings. The Morgan fingerprint density at radius 3 is 2.71 bits per heavy atom. The lowest BCUT2D eigenvalue weighted by Gasteiger charge is -2.11. The summed E-state index contributed by atoms with van der Waals surface area (Å²) in [5.41, 5.74) is 0.959. The van der Waals surface area contributed by atoms with Gasteiger partial charge in [-0.1, -0.05) is 31.5 Å². The zero-order valence-electron chi connectivity index (χ0n) is 12.6. The summed E-state index contributed by atoms with van der Waals surface area (Å²) in [5, 5.41) is 7.87. The van der Waals surface area contributed by atoms with Crippen LogP contribution in [0, 0.1) is 0 Å². The van der Waals surface area contributed by atoms with Crippen molar-refractivity contribution >= 4 is 11.9 Å². The summed E-state index contributed by atoms with van der Waals surface area (Å²) in [7, 11) is 1.84. The number of unbranched alkanes of at least 4 members (excludes halogenated alkanes) is 1. The standard InChI is InChI=1S/C15H23N3O3/c1-3-4-9-17-15(20)18-14(19)11-21-13-8-6-5-7-12(13)10-16-2/h5-8,16H,3-4,9-11H2,1-2H3,(H2,17,18,19,20). The van der Waals surface area contributed by atoms with E-state index in [0.29, 0.717) is 18.8 Å². The Morgan fingerprint density at radius 2 is 2.00 bits per heavy atom. The molecule has 21 heavy (non-hydrogen) atoms. The minimum absolute atomic E-state index is 0.193. The number of urea groups is 1. The third kappa shape index (κ3) is 6.76. The quantitative estimate of drug-likeness (QED) is 0.633. The fourth-order valence-corrected chi connectivity index (χ4v) is 1.71. The summed E-state index contributed by atoms with van der Waals surface area (Å²) in [5.74, 6) is 0.164. The molecule has 0 unspecified atom stereocenters. The molecule has 0 bridgehead atoms. The predicted molar refractivity (Wildman–Crippen MR) is 81.2 cm³/mol. The molecule has 0 radical (unpaired) electrons. The molecule has 0 aliphatic heterocycles. The van der Waals surface area contributed by atoms with Crippen molar-refractivity contribution in [2.24, 2.45) is 0 Å². The highest BCUT2D eigenvalue weighted by atomic mass is 16.5. The number of ether oxygens (including phenoxy) is 1. The van der Waals surface area contributed by atoms with Crippen molar-refractivity contribution in [1.82, 2.24) is 16.0 Å². The Balaban J connectivity index is 2.37. The van der Waals surface area contributed by atoms with Crippen molar-refractivity contribution in [1.29, 1.82) is 0 Å². The van der Waals surface area contributed by atoms with E-state index in [9.17, 15) is 9.59 Å². The van der Waals surface area contributed by atoms with Crippen molar-refractivity contribution in [2.75, 3.05) is 20.2 Å². The molecule has 0 spiro atoms. The van der Waals surface area contributed by atoms with Gasteiger partial charge >= 0.3 is 6.03 Å². The molecule has 0 saturated heterocycles. The van der Waals surface area contributed by atoms with Crippen molar-refractivity contribution in [3.63, 3.8) is 0 Å². The number of rotatable bonds is 8. The van der Waals surface area contributed by atoms with Crippen molar-refractivity contribution < 1.29 is 14.3 Å². The molecule has 0 aliphatic carbocycles. The van der Waals surface area contributed by atoms with Crippen LogP contribution in [-0.4, -0.2) is 32.1 Å². The van der Waals surface area contributed by atoms with E-state index < -0.39 is 11.9 Å². The molecular weight excluding hydrogens is 270 g/mol. The number of para-hydroxylation sites is 1. The molecule has 116 valence electrons. The largest absolute Gasteiger partial charge is 0.483 e. The number of hydrogen-bond acceptors (Lipinski definition) is 4. The van der Waals surface area contributed by atoms with E-state index in [1.807, 2.05) is 32.2 Å². The Labute approximate surface area is 125 Å². The van der Waals surface area contributed by atoms with Crippen molar-refractivity contribution in [3.05, 3.63) is 29.8 Å². The smallest absolute Gasteiger partial charge is 0.321 e. The van der Waals surface area contributed by atoms with Crippen molar-refractivity contribution in [3.8, 4) is 5.75 Å². The Bertz CT molecular complexity index is 463. The lowest BCUT2D eigenvalue weighted by Crippen LogP contribution is -2.42. The van der Waals surface area contributed by atoms with E-state index in [4.69, 9.17) is 4.74 Å². The summed E-state index contributed by atoms with van der Waals surface area (Å²) < 4.78 is 5.45. The highest BCUT2D eigenvalue weighted by Gasteiger charge is 2.09. The Kier molecular flexibility index (Phi) is 7.89. The number of hydrogen-bond donors (Lipinski definition) is 3. The number of nitrogens with one attached hydrogen (secondary N) is 3. The second-order valence-corrected chi connectivity index (χ2v) is 4.58. The van der Waals surface area contributed by atoms with Crippen LogP contribution in [0.3, 0.4) is 0 Å². The molecule has 0 atom stereocenters. The summed E-state index contributed by atoms with van der Waals surface area (Å²) >= 11 is 0. The number of benzene rings is 1. The van der Waals surface area contributed by atoms with Gasteiger partial charge in [-0.15, -0.1) is 0 Å². The van der Waals surface area contributed by atoms with E-state index in [-0.39, 0.29) is 6.61 Å². The zero-order chi connectivity index (χ0) is 15.5. The summed E-state index contributed by atoms with van der Waals surface area (Å²) in [6.07, 6.45) is 1.87. The second kappa shape index (κ2) is 9.77. The van der Waals surface area contributed by atoms with Crippen LogP contribution >= 0.6 is 0 Å². The maximum absolute atomic E-state index is 11.6. The molecule has 1 aromatic rings. The molecule has 0 heterocycles. The highest BCUT2D eigenvalue weighted by molar-refractivity contribution is 5.94. The topological polar surface area (TPSA) is 79.5 Å². The molecule has 1 rings (SSSR count). The minimum atomic E-state index is -0.486. The Morgan fingerprint density at radius 1 is 1.24 bits per heavy atom. The van der Waals surface area contributed by atoms with Crippen LogP contribution in [-0.2, 0) is 11.3 Å². The fourth-order valence-electron chi connectivity index (χ4n) is 1.71. The van der Waals surface area contributed by atoms with Crippen LogP contribution in [0.15, 0.2) is 24.3 Å². The maximum Gasteiger partial charge on any atom is 0.321 e. The lowest BCUT2D eigenvalue weighted by atomic mass is 10.2. The van der Waals surface area contributed by atoms with E-state index in [2.05, 4.69) is 16.0 Å². The van der Waals surface area contributed by atoms with E-state index in [0.717, 1.165) is 18.4 Å². The van der Waals surface area contributed by atoms with Gasteiger partial charge in [0.15, 0.2) is 6.61 Å². The van der Waals surface area contributed by atoms with Crippen LogP contribution in [0.2, 0.25) is 0 Å². The van der Waals surface area contributed by atoms with Gasteiger partial charge in [0, 0.05) is 18.7 Å². The normalized spacial score (nSPS) is 10.0. The number of carbonyl (C=O) groups is 2. The van der Waals surface area contributed by atoms with Crippen LogP contribution in [0.1, 0.15) is 25.3 Å². The number of carbonyl (C=O) groups excluding carboxylic acids is 2. The average Bonchev–Trinajstić information content (AvgIpc) is 2.47. The third-order valence-corrected chi connectivity index (χ3v) is 2.77. The molecule has 3 N–H and O–H groups in total. The van der Waals surface area contributed by atoms with E-state index in [1.165, 1.54) is 0 Å². The van der Waals surface area contributed by atoms with E-state index >= 15 is 0 Å². The van der Waals surface area contributed by atoms with Crippen LogP contribution < -0.4 is 20.7 Å². The molecule has 6 heteroatoms. The van der Waals surface area contributed by atoms with Gasteiger partial charge < -0.3 is 15.4 Å². The predicted octanol–water partition coefficient (Wildman–Crippen LogP) is 1.41. The van der Waals surface area contributed by atoms with Gasteiger partial charge in [-0.05, 0) is 19.5 Å². The molecule has 3 amide bonds. The molecule has 6 nitrogen and oxygen atoms in total. The molecular formula is C15H23N3O3. The van der Waals surface area contributed by atoms with Crippen LogP contribution in [0.25, 0.3) is 0 Å². The van der Waals surface area contributed by atoms with Crippen molar-refractivity contribution in [2.45, 2.75) is 26.3 Å². The minimum Gasteiger partial charge on any atom is -0.483 e. The third-order valence-electron chi connectivity index (χ3n) is 2.77. The van der Waals surface area contributed by atoms with Crippen LogP contribution in [0.5, 0.6) is 5.75 Å². The molecule has 0 saturated carbocycles. The Hall–Kier alpha value is -2.08. The van der Waals surface area contributed by atoms with Crippen LogP contribution in [0.4, 0.5) is 4.79 Å². The van der Waals surface area contributed by atoms with Gasteiger partial charge in [0.05, 0.1) is 0 Å².